The van der Waals surface area contributed by atoms with E-state index >= 15 is 0 Å². The van der Waals surface area contributed by atoms with Crippen molar-refractivity contribution in [2.24, 2.45) is 7.05 Å². The van der Waals surface area contributed by atoms with Crippen LogP contribution in [0.3, 0.4) is 0 Å². The van der Waals surface area contributed by atoms with E-state index in [-0.39, 0.29) is 17.2 Å². The van der Waals surface area contributed by atoms with Gasteiger partial charge in [0.15, 0.2) is 11.0 Å². The van der Waals surface area contributed by atoms with Crippen LogP contribution in [0.4, 0.5) is 5.82 Å². The van der Waals surface area contributed by atoms with Gasteiger partial charge in [0.1, 0.15) is 11.6 Å². The van der Waals surface area contributed by atoms with Crippen molar-refractivity contribution in [1.82, 2.24) is 24.5 Å². The molecule has 1 amide bonds. The Morgan fingerprint density at radius 2 is 1.86 bits per heavy atom. The van der Waals surface area contributed by atoms with Crippen LogP contribution >= 0.6 is 11.8 Å². The van der Waals surface area contributed by atoms with Crippen LogP contribution in [0.15, 0.2) is 41.7 Å². The van der Waals surface area contributed by atoms with Crippen LogP contribution in [-0.2, 0) is 11.8 Å². The number of ether oxygens (including phenoxy) is 1. The maximum absolute atomic E-state index is 12.6. The van der Waals surface area contributed by atoms with Gasteiger partial charge in [-0.05, 0) is 45.0 Å². The monoisotopic (exact) mass is 400 g/mol. The van der Waals surface area contributed by atoms with Gasteiger partial charge in [0.05, 0.1) is 18.6 Å². The van der Waals surface area contributed by atoms with Crippen LogP contribution in [0.2, 0.25) is 0 Å². The van der Waals surface area contributed by atoms with E-state index in [0.717, 1.165) is 17.1 Å². The van der Waals surface area contributed by atoms with E-state index in [4.69, 9.17) is 4.74 Å². The summed E-state index contributed by atoms with van der Waals surface area (Å²) in [5, 5.41) is 16.0. The number of thioether (sulfide) groups is 1. The fourth-order valence-electron chi connectivity index (χ4n) is 2.67. The Bertz CT molecular complexity index is 948. The van der Waals surface area contributed by atoms with Gasteiger partial charge in [-0.3, -0.25) is 4.79 Å². The molecular weight excluding hydrogens is 376 g/mol. The second kappa shape index (κ2) is 8.47. The van der Waals surface area contributed by atoms with Crippen LogP contribution < -0.4 is 10.1 Å². The highest BCUT2D eigenvalue weighted by Crippen LogP contribution is 2.27. The Kier molecular flexibility index (Phi) is 6.03. The molecule has 0 aliphatic heterocycles. The molecule has 3 aromatic rings. The SMILES string of the molecule is COc1ccc(-c2nnc(S[C@@H](C)C(=O)Nc3ccnn3C(C)C)n2C)cc1. The maximum atomic E-state index is 12.6. The molecule has 3 rings (SSSR count). The van der Waals surface area contributed by atoms with Gasteiger partial charge in [0, 0.05) is 24.7 Å². The minimum atomic E-state index is -0.345. The molecule has 0 saturated heterocycles. The highest BCUT2D eigenvalue weighted by molar-refractivity contribution is 8.00. The van der Waals surface area contributed by atoms with E-state index in [1.54, 1.807) is 24.1 Å². The number of nitrogens with one attached hydrogen (secondary N) is 1. The quantitative estimate of drug-likeness (QED) is 0.612. The van der Waals surface area contributed by atoms with Crippen LogP contribution in [-0.4, -0.2) is 42.8 Å². The molecule has 2 heterocycles. The van der Waals surface area contributed by atoms with Crippen LogP contribution in [0.1, 0.15) is 26.8 Å². The summed E-state index contributed by atoms with van der Waals surface area (Å²) in [5.74, 6) is 2.09. The largest absolute Gasteiger partial charge is 0.497 e. The van der Waals surface area contributed by atoms with E-state index < -0.39 is 0 Å². The first-order valence-electron chi connectivity index (χ1n) is 8.95. The van der Waals surface area contributed by atoms with Gasteiger partial charge in [0.25, 0.3) is 0 Å². The molecular formula is C19H24N6O2S. The van der Waals surface area contributed by atoms with Crippen molar-refractivity contribution in [3.05, 3.63) is 36.5 Å². The summed E-state index contributed by atoms with van der Waals surface area (Å²) in [6.45, 7) is 5.87. The predicted molar refractivity (Wildman–Crippen MR) is 110 cm³/mol. The van der Waals surface area contributed by atoms with Crippen molar-refractivity contribution < 1.29 is 9.53 Å². The molecule has 0 unspecified atom stereocenters. The summed E-state index contributed by atoms with van der Waals surface area (Å²) in [6.07, 6.45) is 1.68. The third-order valence-electron chi connectivity index (χ3n) is 4.25. The van der Waals surface area contributed by atoms with Crippen molar-refractivity contribution in [2.45, 2.75) is 37.2 Å². The normalized spacial score (nSPS) is 12.2. The molecule has 1 N–H and O–H groups in total. The Labute approximate surface area is 168 Å². The summed E-state index contributed by atoms with van der Waals surface area (Å²) < 4.78 is 8.85. The zero-order valence-electron chi connectivity index (χ0n) is 16.6. The van der Waals surface area contributed by atoms with E-state index in [9.17, 15) is 4.79 Å². The topological polar surface area (TPSA) is 86.9 Å². The minimum Gasteiger partial charge on any atom is -0.497 e. The van der Waals surface area contributed by atoms with Crippen LogP contribution in [0, 0.1) is 0 Å². The molecule has 28 heavy (non-hydrogen) atoms. The van der Waals surface area contributed by atoms with Gasteiger partial charge in [-0.15, -0.1) is 10.2 Å². The lowest BCUT2D eigenvalue weighted by Crippen LogP contribution is -2.25. The molecule has 1 aromatic carbocycles. The molecule has 148 valence electrons. The summed E-state index contributed by atoms with van der Waals surface area (Å²) in [6, 6.07) is 9.58. The number of carbonyl (C=O) groups is 1. The average molecular weight is 401 g/mol. The molecule has 0 saturated carbocycles. The fraction of sp³-hybridized carbons (Fsp3) is 0.368. The second-order valence-electron chi connectivity index (χ2n) is 6.60. The van der Waals surface area contributed by atoms with Crippen molar-refractivity contribution in [3.63, 3.8) is 0 Å². The summed E-state index contributed by atoms with van der Waals surface area (Å²) in [5.41, 5.74) is 0.931. The summed E-state index contributed by atoms with van der Waals surface area (Å²) in [4.78, 5) is 12.6. The highest BCUT2D eigenvalue weighted by atomic mass is 32.2. The minimum absolute atomic E-state index is 0.110. The first kappa shape index (κ1) is 19.9. The third kappa shape index (κ3) is 4.19. The van der Waals surface area contributed by atoms with Crippen molar-refractivity contribution in [1.29, 1.82) is 0 Å². The van der Waals surface area contributed by atoms with Gasteiger partial charge in [0.2, 0.25) is 5.91 Å². The molecule has 0 fully saturated rings. The summed E-state index contributed by atoms with van der Waals surface area (Å²) >= 11 is 1.36. The van der Waals surface area contributed by atoms with Gasteiger partial charge < -0.3 is 14.6 Å². The van der Waals surface area contributed by atoms with Gasteiger partial charge in [-0.2, -0.15) is 5.10 Å². The zero-order chi connectivity index (χ0) is 20.3. The molecule has 0 spiro atoms. The number of aromatic nitrogens is 5. The van der Waals surface area contributed by atoms with Crippen LogP contribution in [0.5, 0.6) is 5.75 Å². The number of anilines is 1. The Hall–Kier alpha value is -2.81. The number of nitrogens with zero attached hydrogens (tertiary/aromatic N) is 5. The van der Waals surface area contributed by atoms with Gasteiger partial charge >= 0.3 is 0 Å². The Balaban J connectivity index is 1.70. The van der Waals surface area contributed by atoms with E-state index in [1.165, 1.54) is 11.8 Å². The lowest BCUT2D eigenvalue weighted by Gasteiger charge is -2.14. The van der Waals surface area contributed by atoms with Crippen LogP contribution in [0.25, 0.3) is 11.4 Å². The first-order chi connectivity index (χ1) is 13.4. The molecule has 9 heteroatoms. The van der Waals surface area contributed by atoms with Gasteiger partial charge in [-0.1, -0.05) is 11.8 Å². The van der Waals surface area contributed by atoms with Gasteiger partial charge in [-0.25, -0.2) is 4.68 Å². The molecule has 0 radical (unpaired) electrons. The molecule has 0 bridgehead atoms. The van der Waals surface area contributed by atoms with Crippen molar-refractivity contribution >= 4 is 23.5 Å². The fourth-order valence-corrected chi connectivity index (χ4v) is 3.49. The number of hydrogen-bond donors (Lipinski definition) is 1. The molecule has 1 atom stereocenters. The second-order valence-corrected chi connectivity index (χ2v) is 7.91. The predicted octanol–water partition coefficient (Wildman–Crippen LogP) is 3.39. The lowest BCUT2D eigenvalue weighted by molar-refractivity contribution is -0.115. The summed E-state index contributed by atoms with van der Waals surface area (Å²) in [7, 11) is 3.52. The zero-order valence-corrected chi connectivity index (χ0v) is 17.4. The number of amides is 1. The van der Waals surface area contributed by atoms with E-state index in [2.05, 4.69) is 20.6 Å². The molecule has 0 aliphatic rings. The Morgan fingerprint density at radius 3 is 2.50 bits per heavy atom. The van der Waals surface area contributed by atoms with E-state index in [0.29, 0.717) is 11.0 Å². The van der Waals surface area contributed by atoms with E-state index in [1.807, 2.05) is 56.7 Å². The maximum Gasteiger partial charge on any atom is 0.238 e. The third-order valence-corrected chi connectivity index (χ3v) is 5.38. The van der Waals surface area contributed by atoms with Crippen molar-refractivity contribution in [2.75, 3.05) is 12.4 Å². The number of rotatable bonds is 7. The number of hydrogen-bond acceptors (Lipinski definition) is 6. The Morgan fingerprint density at radius 1 is 1.14 bits per heavy atom. The first-order valence-corrected chi connectivity index (χ1v) is 9.83. The smallest absolute Gasteiger partial charge is 0.238 e. The highest BCUT2D eigenvalue weighted by Gasteiger charge is 2.21. The van der Waals surface area contributed by atoms with Crippen molar-refractivity contribution in [3.8, 4) is 17.1 Å². The standard InChI is InChI=1S/C19H24N6O2S/c1-12(2)25-16(10-11-20-25)21-18(26)13(3)28-19-23-22-17(24(19)4)14-6-8-15(27-5)9-7-14/h6-13H,1-5H3,(H,21,26)/t13-/m0/s1. The number of benzene rings is 1. The molecule has 2 aromatic heterocycles. The number of methoxy groups -OCH3 is 1. The lowest BCUT2D eigenvalue weighted by atomic mass is 10.2. The molecule has 0 aliphatic carbocycles. The number of carbonyl (C=O) groups excluding carboxylic acids is 1. The average Bonchev–Trinajstić information content (AvgIpc) is 3.29. The molecule has 8 nitrogen and oxygen atoms in total.